The minimum Gasteiger partial charge on any atom is -0.311 e. The molecule has 1 aliphatic heterocycles. The van der Waals surface area contributed by atoms with Crippen LogP contribution in [0.2, 0.25) is 0 Å². The molecule has 2 aromatic rings. The first kappa shape index (κ1) is 17.1. The van der Waals surface area contributed by atoms with Gasteiger partial charge in [-0.2, -0.15) is 5.10 Å². The Morgan fingerprint density at radius 3 is 2.46 bits per heavy atom. The number of hydrogen-bond donors (Lipinski definition) is 2. The number of carbonyl (C=O) groups is 1. The summed E-state index contributed by atoms with van der Waals surface area (Å²) >= 11 is 0. The third kappa shape index (κ3) is 2.89. The highest BCUT2D eigenvalue weighted by molar-refractivity contribution is 5.94. The summed E-state index contributed by atoms with van der Waals surface area (Å²) in [5.74, 6) is 0.403. The molecule has 1 atom stereocenters. The van der Waals surface area contributed by atoms with Crippen LogP contribution >= 0.6 is 0 Å². The van der Waals surface area contributed by atoms with Crippen molar-refractivity contribution in [3.05, 3.63) is 33.4 Å². The Hall–Kier alpha value is -2.31. The molecule has 1 aliphatic carbocycles. The van der Waals surface area contributed by atoms with Crippen LogP contribution in [0.1, 0.15) is 80.1 Å². The monoisotopic (exact) mass is 357 g/mol. The zero-order chi connectivity index (χ0) is 18.3. The maximum absolute atomic E-state index is 12.8. The molecule has 2 aromatic heterocycles. The number of anilines is 1. The fraction of sp³-hybridized carbons (Fsp3) is 0.632. The molecule has 1 amide bonds. The summed E-state index contributed by atoms with van der Waals surface area (Å²) in [5.41, 5.74) is 2.55. The van der Waals surface area contributed by atoms with Gasteiger partial charge in [0, 0.05) is 30.6 Å². The second-order valence-electron chi connectivity index (χ2n) is 7.69. The van der Waals surface area contributed by atoms with Gasteiger partial charge in [-0.15, -0.1) is 0 Å². The van der Waals surface area contributed by atoms with Crippen molar-refractivity contribution in [1.29, 1.82) is 0 Å². The first-order chi connectivity index (χ1) is 12.6. The van der Waals surface area contributed by atoms with Gasteiger partial charge in [0.05, 0.1) is 17.8 Å². The number of nitrogens with zero attached hydrogens (tertiary/aromatic N) is 3. The number of aromatic amines is 1. The van der Waals surface area contributed by atoms with Gasteiger partial charge in [0.25, 0.3) is 5.56 Å². The molecule has 4 rings (SSSR count). The lowest BCUT2D eigenvalue weighted by Crippen LogP contribution is -2.27. The Kier molecular flexibility index (Phi) is 4.46. The Balaban J connectivity index is 1.77. The SMILES string of the molecule is Cc1c([C@H]2CC(=O)Nc3c2c(=O)[nH]n3C2CCCCCCC2)cnn1C. The molecule has 1 fully saturated rings. The van der Waals surface area contributed by atoms with Crippen molar-refractivity contribution < 1.29 is 4.79 Å². The van der Waals surface area contributed by atoms with Crippen LogP contribution in [-0.4, -0.2) is 25.5 Å². The maximum Gasteiger partial charge on any atom is 0.270 e. The molecule has 2 N–H and O–H groups in total. The Labute approximate surface area is 152 Å². The number of amides is 1. The van der Waals surface area contributed by atoms with E-state index in [1.54, 1.807) is 10.9 Å². The summed E-state index contributed by atoms with van der Waals surface area (Å²) < 4.78 is 3.74. The number of rotatable bonds is 2. The lowest BCUT2D eigenvalue weighted by Gasteiger charge is -2.27. The summed E-state index contributed by atoms with van der Waals surface area (Å²) in [6.07, 6.45) is 10.3. The largest absolute Gasteiger partial charge is 0.311 e. The molecule has 140 valence electrons. The summed E-state index contributed by atoms with van der Waals surface area (Å²) in [6, 6.07) is 0.251. The highest BCUT2D eigenvalue weighted by Gasteiger charge is 2.35. The van der Waals surface area contributed by atoms with Gasteiger partial charge in [-0.1, -0.05) is 32.1 Å². The van der Waals surface area contributed by atoms with Gasteiger partial charge in [-0.3, -0.25) is 24.1 Å². The van der Waals surface area contributed by atoms with Crippen LogP contribution in [0.5, 0.6) is 0 Å². The molecule has 3 heterocycles. The Morgan fingerprint density at radius 2 is 1.81 bits per heavy atom. The van der Waals surface area contributed by atoms with Crippen molar-refractivity contribution in [2.75, 3.05) is 5.32 Å². The number of aromatic nitrogens is 4. The second kappa shape index (κ2) is 6.78. The number of nitrogens with one attached hydrogen (secondary N) is 2. The van der Waals surface area contributed by atoms with E-state index in [0.29, 0.717) is 11.4 Å². The number of H-pyrrole nitrogens is 1. The third-order valence-electron chi connectivity index (χ3n) is 6.05. The van der Waals surface area contributed by atoms with E-state index in [1.165, 1.54) is 32.1 Å². The average Bonchev–Trinajstić information content (AvgIpc) is 3.07. The first-order valence-corrected chi connectivity index (χ1v) is 9.69. The number of hydrogen-bond acceptors (Lipinski definition) is 3. The number of carbonyl (C=O) groups excluding carboxylic acids is 1. The van der Waals surface area contributed by atoms with Crippen LogP contribution in [0, 0.1) is 6.92 Å². The van der Waals surface area contributed by atoms with Gasteiger partial charge in [0.1, 0.15) is 5.82 Å². The zero-order valence-corrected chi connectivity index (χ0v) is 15.5. The lowest BCUT2D eigenvalue weighted by atomic mass is 9.87. The van der Waals surface area contributed by atoms with E-state index < -0.39 is 0 Å². The van der Waals surface area contributed by atoms with Gasteiger partial charge in [-0.25, -0.2) is 0 Å². The molecule has 0 bridgehead atoms. The van der Waals surface area contributed by atoms with Crippen LogP contribution in [0.4, 0.5) is 5.82 Å². The highest BCUT2D eigenvalue weighted by Crippen LogP contribution is 2.38. The van der Waals surface area contributed by atoms with Crippen LogP contribution < -0.4 is 10.9 Å². The van der Waals surface area contributed by atoms with E-state index in [4.69, 9.17) is 0 Å². The van der Waals surface area contributed by atoms with E-state index in [0.717, 1.165) is 24.1 Å². The molecule has 0 aromatic carbocycles. The van der Waals surface area contributed by atoms with Crippen molar-refractivity contribution in [3.8, 4) is 0 Å². The normalized spacial score (nSPS) is 21.8. The van der Waals surface area contributed by atoms with Gasteiger partial charge >= 0.3 is 0 Å². The third-order valence-corrected chi connectivity index (χ3v) is 6.05. The highest BCUT2D eigenvalue weighted by atomic mass is 16.2. The van der Waals surface area contributed by atoms with Crippen molar-refractivity contribution in [1.82, 2.24) is 19.6 Å². The fourth-order valence-electron chi connectivity index (χ4n) is 4.47. The van der Waals surface area contributed by atoms with Crippen molar-refractivity contribution in [3.63, 3.8) is 0 Å². The van der Waals surface area contributed by atoms with Crippen molar-refractivity contribution in [2.24, 2.45) is 7.05 Å². The molecule has 0 saturated heterocycles. The molecule has 26 heavy (non-hydrogen) atoms. The summed E-state index contributed by atoms with van der Waals surface area (Å²) in [5, 5.41) is 10.3. The quantitative estimate of drug-likeness (QED) is 0.866. The Bertz CT molecular complexity index is 867. The van der Waals surface area contributed by atoms with Crippen molar-refractivity contribution in [2.45, 2.75) is 70.3 Å². The molecular formula is C19H27N5O2. The topological polar surface area (TPSA) is 84.7 Å². The fourth-order valence-corrected chi connectivity index (χ4v) is 4.47. The summed E-state index contributed by atoms with van der Waals surface area (Å²) in [4.78, 5) is 25.3. The van der Waals surface area contributed by atoms with Crippen LogP contribution in [0.3, 0.4) is 0 Å². The number of fused-ring (bicyclic) bond motifs is 1. The minimum absolute atomic E-state index is 0.0376. The molecule has 1 saturated carbocycles. The van der Waals surface area contributed by atoms with Gasteiger partial charge in [0.2, 0.25) is 5.91 Å². The molecule has 0 unspecified atom stereocenters. The molecule has 7 heteroatoms. The van der Waals surface area contributed by atoms with Crippen molar-refractivity contribution >= 4 is 11.7 Å². The molecule has 0 radical (unpaired) electrons. The summed E-state index contributed by atoms with van der Waals surface area (Å²) in [6.45, 7) is 1.98. The van der Waals surface area contributed by atoms with Gasteiger partial charge < -0.3 is 5.32 Å². The van der Waals surface area contributed by atoms with E-state index in [9.17, 15) is 9.59 Å². The zero-order valence-electron chi connectivity index (χ0n) is 15.5. The van der Waals surface area contributed by atoms with Gasteiger partial charge in [-0.05, 0) is 19.8 Å². The predicted molar refractivity (Wildman–Crippen MR) is 99.4 cm³/mol. The maximum atomic E-state index is 12.8. The first-order valence-electron chi connectivity index (χ1n) is 9.69. The summed E-state index contributed by atoms with van der Waals surface area (Å²) in [7, 11) is 1.88. The molecule has 0 spiro atoms. The standard InChI is InChI=1S/C19H27N5O2/c1-12-15(11-20-23(12)2)14-10-16(25)21-18-17(14)19(26)22-24(18)13-8-6-4-3-5-7-9-13/h11,13-14H,3-10H2,1-2H3,(H,21,25)(H,22,26)/t14-/m1/s1. The molecular weight excluding hydrogens is 330 g/mol. The van der Waals surface area contributed by atoms with E-state index >= 15 is 0 Å². The minimum atomic E-state index is -0.231. The van der Waals surface area contributed by atoms with E-state index in [2.05, 4.69) is 15.5 Å². The van der Waals surface area contributed by atoms with Crippen LogP contribution in [0.15, 0.2) is 11.0 Å². The van der Waals surface area contributed by atoms with E-state index in [-0.39, 0.29) is 29.8 Å². The number of aryl methyl sites for hydroxylation is 1. The van der Waals surface area contributed by atoms with Gasteiger partial charge in [0.15, 0.2) is 0 Å². The lowest BCUT2D eigenvalue weighted by molar-refractivity contribution is -0.116. The molecule has 7 nitrogen and oxygen atoms in total. The second-order valence-corrected chi connectivity index (χ2v) is 7.69. The smallest absolute Gasteiger partial charge is 0.270 e. The Morgan fingerprint density at radius 1 is 1.12 bits per heavy atom. The van der Waals surface area contributed by atoms with Crippen LogP contribution in [-0.2, 0) is 11.8 Å². The average molecular weight is 357 g/mol. The van der Waals surface area contributed by atoms with Crippen LogP contribution in [0.25, 0.3) is 0 Å². The van der Waals surface area contributed by atoms with E-state index in [1.807, 2.05) is 18.7 Å². The molecule has 2 aliphatic rings. The predicted octanol–water partition coefficient (Wildman–Crippen LogP) is 2.98.